The van der Waals surface area contributed by atoms with Gasteiger partial charge in [-0.25, -0.2) is 4.98 Å². The van der Waals surface area contributed by atoms with E-state index in [9.17, 15) is 4.79 Å². The predicted octanol–water partition coefficient (Wildman–Crippen LogP) is 2.76. The van der Waals surface area contributed by atoms with E-state index >= 15 is 0 Å². The van der Waals surface area contributed by atoms with Crippen molar-refractivity contribution in [2.24, 2.45) is 0 Å². The molecule has 3 N–H and O–H groups in total. The number of benzene rings is 1. The molecule has 0 saturated heterocycles. The van der Waals surface area contributed by atoms with Crippen LogP contribution >= 0.6 is 11.3 Å². The average molecular weight is 273 g/mol. The zero-order valence-electron chi connectivity index (χ0n) is 10.9. The van der Waals surface area contributed by atoms with Crippen LogP contribution in [0.1, 0.15) is 22.9 Å². The average Bonchev–Trinajstić information content (AvgIpc) is 2.89. The van der Waals surface area contributed by atoms with Gasteiger partial charge in [-0.05, 0) is 30.5 Å². The first-order chi connectivity index (χ1) is 9.08. The van der Waals surface area contributed by atoms with Gasteiger partial charge in [0.25, 0.3) is 0 Å². The van der Waals surface area contributed by atoms with Gasteiger partial charge in [-0.2, -0.15) is 0 Å². The summed E-state index contributed by atoms with van der Waals surface area (Å²) >= 11 is 1.48. The normalized spacial score (nSPS) is 13.5. The highest BCUT2D eigenvalue weighted by atomic mass is 32.1. The standard InChI is InChI=1S/C14H15N3OS/c1-3-8-4-9-6-11(18)16-13(9)10(5-8)12-7(2)19-14(15)17-12/h4-5H,3,6H2,1-2H3,(H2,15,17)(H,16,18). The number of nitrogens with zero attached hydrogens (tertiary/aromatic N) is 1. The van der Waals surface area contributed by atoms with E-state index in [0.29, 0.717) is 11.6 Å². The molecule has 1 aliphatic heterocycles. The third kappa shape index (κ3) is 2.00. The van der Waals surface area contributed by atoms with Gasteiger partial charge < -0.3 is 11.1 Å². The molecule has 0 atom stereocenters. The van der Waals surface area contributed by atoms with Crippen molar-refractivity contribution in [1.29, 1.82) is 0 Å². The van der Waals surface area contributed by atoms with Crippen molar-refractivity contribution in [1.82, 2.24) is 4.98 Å². The minimum absolute atomic E-state index is 0.0466. The lowest BCUT2D eigenvalue weighted by Gasteiger charge is -2.09. The minimum Gasteiger partial charge on any atom is -0.375 e. The Balaban J connectivity index is 2.23. The molecule has 98 valence electrons. The number of amides is 1. The van der Waals surface area contributed by atoms with E-state index in [1.165, 1.54) is 16.9 Å². The number of rotatable bonds is 2. The fourth-order valence-electron chi connectivity index (χ4n) is 2.47. The van der Waals surface area contributed by atoms with E-state index in [0.717, 1.165) is 33.8 Å². The zero-order chi connectivity index (χ0) is 13.6. The summed E-state index contributed by atoms with van der Waals surface area (Å²) in [5.74, 6) is 0.0466. The Bertz CT molecular complexity index is 676. The number of carbonyl (C=O) groups is 1. The molecule has 19 heavy (non-hydrogen) atoms. The number of aryl methyl sites for hydroxylation is 2. The molecular formula is C14H15N3OS. The van der Waals surface area contributed by atoms with E-state index in [1.54, 1.807) is 0 Å². The highest BCUT2D eigenvalue weighted by molar-refractivity contribution is 7.15. The smallest absolute Gasteiger partial charge is 0.228 e. The van der Waals surface area contributed by atoms with Gasteiger partial charge in [0.1, 0.15) is 0 Å². The fourth-order valence-corrected chi connectivity index (χ4v) is 3.17. The molecule has 2 aromatic rings. The molecule has 0 spiro atoms. The van der Waals surface area contributed by atoms with Gasteiger partial charge in [0, 0.05) is 10.4 Å². The van der Waals surface area contributed by atoms with Gasteiger partial charge in [-0.3, -0.25) is 4.79 Å². The van der Waals surface area contributed by atoms with Gasteiger partial charge >= 0.3 is 0 Å². The lowest BCUT2D eigenvalue weighted by atomic mass is 9.99. The van der Waals surface area contributed by atoms with Crippen LogP contribution in [0.4, 0.5) is 10.8 Å². The summed E-state index contributed by atoms with van der Waals surface area (Å²) in [5.41, 5.74) is 10.8. The number of thiazole rings is 1. The largest absolute Gasteiger partial charge is 0.375 e. The molecule has 0 aliphatic carbocycles. The second-order valence-electron chi connectivity index (χ2n) is 4.71. The van der Waals surface area contributed by atoms with E-state index in [4.69, 9.17) is 5.73 Å². The van der Waals surface area contributed by atoms with Crippen molar-refractivity contribution in [2.45, 2.75) is 26.7 Å². The number of hydrogen-bond donors (Lipinski definition) is 2. The highest BCUT2D eigenvalue weighted by Gasteiger charge is 2.24. The Morgan fingerprint density at radius 3 is 2.89 bits per heavy atom. The molecule has 4 nitrogen and oxygen atoms in total. The second kappa shape index (κ2) is 4.35. The molecule has 0 saturated carbocycles. The van der Waals surface area contributed by atoms with Crippen molar-refractivity contribution in [3.05, 3.63) is 28.1 Å². The third-order valence-electron chi connectivity index (χ3n) is 3.37. The Kier molecular flexibility index (Phi) is 2.78. The molecular weight excluding hydrogens is 258 g/mol. The van der Waals surface area contributed by atoms with Crippen molar-refractivity contribution < 1.29 is 4.79 Å². The Labute approximate surface area is 115 Å². The summed E-state index contributed by atoms with van der Waals surface area (Å²) in [4.78, 5) is 17.1. The highest BCUT2D eigenvalue weighted by Crippen LogP contribution is 2.39. The number of carbonyl (C=O) groups excluding carboxylic acids is 1. The monoisotopic (exact) mass is 273 g/mol. The molecule has 0 radical (unpaired) electrons. The van der Waals surface area contributed by atoms with Crippen molar-refractivity contribution >= 4 is 28.1 Å². The predicted molar refractivity (Wildman–Crippen MR) is 78.4 cm³/mol. The fraction of sp³-hybridized carbons (Fsp3) is 0.286. The SMILES string of the molecule is CCc1cc2c(c(-c3nc(N)sc3C)c1)NC(=O)C2. The van der Waals surface area contributed by atoms with E-state index < -0.39 is 0 Å². The summed E-state index contributed by atoms with van der Waals surface area (Å²) in [6.07, 6.45) is 1.39. The quantitative estimate of drug-likeness (QED) is 0.884. The first-order valence-corrected chi connectivity index (χ1v) is 7.09. The molecule has 0 bridgehead atoms. The van der Waals surface area contributed by atoms with Crippen LogP contribution in [0.25, 0.3) is 11.3 Å². The maximum Gasteiger partial charge on any atom is 0.228 e. The molecule has 5 heteroatoms. The number of nitrogens with one attached hydrogen (secondary N) is 1. The van der Waals surface area contributed by atoms with Crippen molar-refractivity contribution in [2.75, 3.05) is 11.1 Å². The number of nitrogens with two attached hydrogens (primary N) is 1. The van der Waals surface area contributed by atoms with Gasteiger partial charge in [-0.1, -0.05) is 13.0 Å². The van der Waals surface area contributed by atoms with Crippen LogP contribution in [0.3, 0.4) is 0 Å². The van der Waals surface area contributed by atoms with Crippen LogP contribution < -0.4 is 11.1 Å². The molecule has 0 fully saturated rings. The second-order valence-corrected chi connectivity index (χ2v) is 5.95. The van der Waals surface area contributed by atoms with Gasteiger partial charge in [0.05, 0.1) is 17.8 Å². The van der Waals surface area contributed by atoms with E-state index in [2.05, 4.69) is 29.4 Å². The van der Waals surface area contributed by atoms with Crippen LogP contribution in [-0.2, 0) is 17.6 Å². The van der Waals surface area contributed by atoms with Crippen LogP contribution in [0.15, 0.2) is 12.1 Å². The number of aromatic nitrogens is 1. The van der Waals surface area contributed by atoms with Crippen LogP contribution in [0.2, 0.25) is 0 Å². The van der Waals surface area contributed by atoms with Crippen molar-refractivity contribution in [3.63, 3.8) is 0 Å². The lowest BCUT2D eigenvalue weighted by molar-refractivity contribution is -0.115. The molecule has 3 rings (SSSR count). The maximum atomic E-state index is 11.6. The minimum atomic E-state index is 0.0466. The van der Waals surface area contributed by atoms with E-state index in [-0.39, 0.29) is 5.91 Å². The summed E-state index contributed by atoms with van der Waals surface area (Å²) in [5, 5.41) is 3.50. The van der Waals surface area contributed by atoms with Crippen LogP contribution in [0.5, 0.6) is 0 Å². The Hall–Kier alpha value is -1.88. The van der Waals surface area contributed by atoms with Crippen LogP contribution in [-0.4, -0.2) is 10.9 Å². The molecule has 1 amide bonds. The summed E-state index contributed by atoms with van der Waals surface area (Å²) < 4.78 is 0. The lowest BCUT2D eigenvalue weighted by Crippen LogP contribution is -2.04. The topological polar surface area (TPSA) is 68.0 Å². The first-order valence-electron chi connectivity index (χ1n) is 6.27. The van der Waals surface area contributed by atoms with Gasteiger partial charge in [-0.15, -0.1) is 11.3 Å². The molecule has 2 heterocycles. The Morgan fingerprint density at radius 1 is 1.47 bits per heavy atom. The third-order valence-corrected chi connectivity index (χ3v) is 4.17. The first kappa shape index (κ1) is 12.2. The van der Waals surface area contributed by atoms with Crippen molar-refractivity contribution in [3.8, 4) is 11.3 Å². The molecule has 1 aromatic carbocycles. The number of anilines is 2. The maximum absolute atomic E-state index is 11.6. The Morgan fingerprint density at radius 2 is 2.26 bits per heavy atom. The zero-order valence-corrected chi connectivity index (χ0v) is 11.7. The number of nitrogen functional groups attached to an aromatic ring is 1. The summed E-state index contributed by atoms with van der Waals surface area (Å²) in [6, 6.07) is 4.20. The summed E-state index contributed by atoms with van der Waals surface area (Å²) in [6.45, 7) is 4.11. The van der Waals surface area contributed by atoms with Gasteiger partial charge in [0.2, 0.25) is 5.91 Å². The summed E-state index contributed by atoms with van der Waals surface area (Å²) in [7, 11) is 0. The van der Waals surface area contributed by atoms with E-state index in [1.807, 2.05) is 6.92 Å². The van der Waals surface area contributed by atoms with Gasteiger partial charge in [0.15, 0.2) is 5.13 Å². The molecule has 1 aromatic heterocycles. The number of hydrogen-bond acceptors (Lipinski definition) is 4. The number of fused-ring (bicyclic) bond motifs is 1. The van der Waals surface area contributed by atoms with Crippen LogP contribution in [0, 0.1) is 6.92 Å². The molecule has 0 unspecified atom stereocenters. The molecule has 1 aliphatic rings.